The molecule has 0 N–H and O–H groups in total. The molecule has 0 aromatic rings. The average Bonchev–Trinajstić information content (AvgIpc) is 2.22. The molecule has 1 unspecified atom stereocenters. The van der Waals surface area contributed by atoms with Crippen LogP contribution in [0.5, 0.6) is 0 Å². The van der Waals surface area contributed by atoms with Crippen LogP contribution in [-0.2, 0) is 4.79 Å². The zero-order valence-electron chi connectivity index (χ0n) is 10.8. The van der Waals surface area contributed by atoms with Crippen LogP contribution in [-0.4, -0.2) is 5.78 Å². The van der Waals surface area contributed by atoms with Gasteiger partial charge in [0.05, 0.1) is 0 Å². The molecular formula is C14H28O. The molecule has 1 heteroatoms. The van der Waals surface area contributed by atoms with Crippen LogP contribution in [0.4, 0.5) is 0 Å². The minimum absolute atomic E-state index is 0.347. The predicted molar refractivity (Wildman–Crippen MR) is 67.1 cm³/mol. The second-order valence-electron chi connectivity index (χ2n) is 4.72. The highest BCUT2D eigenvalue weighted by Crippen LogP contribution is 2.19. The highest BCUT2D eigenvalue weighted by Gasteiger charge is 2.07. The first kappa shape index (κ1) is 14.7. The van der Waals surface area contributed by atoms with Gasteiger partial charge in [-0.3, -0.25) is 0 Å². The van der Waals surface area contributed by atoms with Gasteiger partial charge in [-0.15, -0.1) is 0 Å². The molecule has 15 heavy (non-hydrogen) atoms. The number of unbranched alkanes of at least 4 members (excludes halogenated alkanes) is 4. The minimum atomic E-state index is 0.347. The smallest absolute Gasteiger partial charge is 0.129 e. The van der Waals surface area contributed by atoms with E-state index in [4.69, 9.17) is 0 Å². The summed E-state index contributed by atoms with van der Waals surface area (Å²) in [6.45, 7) is 6.20. The van der Waals surface area contributed by atoms with Crippen molar-refractivity contribution < 1.29 is 4.79 Å². The van der Waals surface area contributed by atoms with E-state index in [9.17, 15) is 4.79 Å². The lowest BCUT2D eigenvalue weighted by atomic mass is 9.93. The fourth-order valence-corrected chi connectivity index (χ4v) is 2.00. The van der Waals surface area contributed by atoms with E-state index in [-0.39, 0.29) is 0 Å². The SMILES string of the molecule is CCCCCCCC(CC)CCC(C)=O. The summed E-state index contributed by atoms with van der Waals surface area (Å²) in [5.41, 5.74) is 0. The van der Waals surface area contributed by atoms with Crippen molar-refractivity contribution in [3.8, 4) is 0 Å². The van der Waals surface area contributed by atoms with Crippen LogP contribution in [0.3, 0.4) is 0 Å². The van der Waals surface area contributed by atoms with E-state index in [1.807, 2.05) is 0 Å². The summed E-state index contributed by atoms with van der Waals surface area (Å²) in [5.74, 6) is 1.13. The molecule has 0 amide bonds. The van der Waals surface area contributed by atoms with Gasteiger partial charge < -0.3 is 4.79 Å². The second kappa shape index (κ2) is 10.2. The monoisotopic (exact) mass is 212 g/mol. The first-order valence-corrected chi connectivity index (χ1v) is 6.70. The van der Waals surface area contributed by atoms with Gasteiger partial charge in [-0.2, -0.15) is 0 Å². The van der Waals surface area contributed by atoms with Gasteiger partial charge in [-0.05, 0) is 19.3 Å². The molecule has 0 aromatic carbocycles. The zero-order valence-corrected chi connectivity index (χ0v) is 10.8. The van der Waals surface area contributed by atoms with Gasteiger partial charge in [0.25, 0.3) is 0 Å². The van der Waals surface area contributed by atoms with Crippen molar-refractivity contribution in [1.82, 2.24) is 0 Å². The fraction of sp³-hybridized carbons (Fsp3) is 0.929. The van der Waals surface area contributed by atoms with Crippen LogP contribution in [0.1, 0.15) is 78.6 Å². The third kappa shape index (κ3) is 9.96. The van der Waals surface area contributed by atoms with E-state index in [0.29, 0.717) is 5.78 Å². The Bertz CT molecular complexity index is 151. The third-order valence-electron chi connectivity index (χ3n) is 3.20. The molecule has 0 radical (unpaired) electrons. The minimum Gasteiger partial charge on any atom is -0.300 e. The van der Waals surface area contributed by atoms with E-state index >= 15 is 0 Å². The Morgan fingerprint density at radius 1 is 1.00 bits per heavy atom. The topological polar surface area (TPSA) is 17.1 Å². The maximum atomic E-state index is 10.9. The summed E-state index contributed by atoms with van der Waals surface area (Å²) in [7, 11) is 0. The molecule has 0 aliphatic heterocycles. The summed E-state index contributed by atoms with van der Waals surface area (Å²) >= 11 is 0. The molecule has 0 fully saturated rings. The lowest BCUT2D eigenvalue weighted by Crippen LogP contribution is -2.02. The van der Waals surface area contributed by atoms with Gasteiger partial charge in [0.2, 0.25) is 0 Å². The maximum Gasteiger partial charge on any atom is 0.129 e. The second-order valence-corrected chi connectivity index (χ2v) is 4.72. The lowest BCUT2D eigenvalue weighted by Gasteiger charge is -2.13. The average molecular weight is 212 g/mol. The molecular weight excluding hydrogens is 184 g/mol. The summed E-state index contributed by atoms with van der Waals surface area (Å²) in [4.78, 5) is 10.9. The van der Waals surface area contributed by atoms with Crippen molar-refractivity contribution in [2.24, 2.45) is 5.92 Å². The highest BCUT2D eigenvalue weighted by atomic mass is 16.1. The molecule has 1 atom stereocenters. The van der Waals surface area contributed by atoms with Gasteiger partial charge in [0.1, 0.15) is 5.78 Å². The number of ketones is 1. The highest BCUT2D eigenvalue weighted by molar-refractivity contribution is 5.75. The van der Waals surface area contributed by atoms with Crippen molar-refractivity contribution in [3.05, 3.63) is 0 Å². The van der Waals surface area contributed by atoms with Crippen LogP contribution in [0.15, 0.2) is 0 Å². The molecule has 0 heterocycles. The zero-order chi connectivity index (χ0) is 11.5. The Hall–Kier alpha value is -0.330. The van der Waals surface area contributed by atoms with Crippen LogP contribution >= 0.6 is 0 Å². The van der Waals surface area contributed by atoms with Gasteiger partial charge in [-0.1, -0.05) is 58.8 Å². The number of hydrogen-bond acceptors (Lipinski definition) is 1. The Morgan fingerprint density at radius 3 is 2.20 bits per heavy atom. The normalized spacial score (nSPS) is 12.7. The van der Waals surface area contributed by atoms with Crippen LogP contribution in [0.2, 0.25) is 0 Å². The largest absolute Gasteiger partial charge is 0.300 e. The molecule has 0 aliphatic carbocycles. The number of Topliss-reactive ketones (excluding diaryl/α,β-unsaturated/α-hetero) is 1. The summed E-state index contributed by atoms with van der Waals surface area (Å²) in [5, 5.41) is 0. The van der Waals surface area contributed by atoms with E-state index < -0.39 is 0 Å². The standard InChI is InChI=1S/C14H28O/c1-4-6-7-8-9-10-14(5-2)12-11-13(3)15/h14H,4-12H2,1-3H3. The lowest BCUT2D eigenvalue weighted by molar-refractivity contribution is -0.117. The number of hydrogen-bond donors (Lipinski definition) is 0. The molecule has 0 rings (SSSR count). The predicted octanol–water partition coefficient (Wildman–Crippen LogP) is 4.74. The van der Waals surface area contributed by atoms with Gasteiger partial charge >= 0.3 is 0 Å². The number of rotatable bonds is 10. The maximum absolute atomic E-state index is 10.9. The number of carbonyl (C=O) groups excluding carboxylic acids is 1. The van der Waals surface area contributed by atoms with Crippen molar-refractivity contribution >= 4 is 5.78 Å². The summed E-state index contributed by atoms with van der Waals surface area (Å²) in [6, 6.07) is 0. The van der Waals surface area contributed by atoms with Crippen LogP contribution in [0.25, 0.3) is 0 Å². The Morgan fingerprint density at radius 2 is 1.67 bits per heavy atom. The van der Waals surface area contributed by atoms with Crippen LogP contribution in [0, 0.1) is 5.92 Å². The molecule has 0 aromatic heterocycles. The fourth-order valence-electron chi connectivity index (χ4n) is 2.00. The number of carbonyl (C=O) groups is 1. The van der Waals surface area contributed by atoms with Crippen molar-refractivity contribution in [2.45, 2.75) is 78.6 Å². The summed E-state index contributed by atoms with van der Waals surface area (Å²) in [6.07, 6.45) is 11.3. The van der Waals surface area contributed by atoms with Crippen molar-refractivity contribution in [1.29, 1.82) is 0 Å². The van der Waals surface area contributed by atoms with E-state index in [0.717, 1.165) is 18.8 Å². The van der Waals surface area contributed by atoms with E-state index in [1.165, 1.54) is 44.9 Å². The molecule has 0 saturated carbocycles. The molecule has 90 valence electrons. The van der Waals surface area contributed by atoms with Crippen molar-refractivity contribution in [3.63, 3.8) is 0 Å². The third-order valence-corrected chi connectivity index (χ3v) is 3.20. The van der Waals surface area contributed by atoms with E-state index in [1.54, 1.807) is 6.92 Å². The van der Waals surface area contributed by atoms with Crippen molar-refractivity contribution in [2.75, 3.05) is 0 Å². The van der Waals surface area contributed by atoms with Gasteiger partial charge in [-0.25, -0.2) is 0 Å². The summed E-state index contributed by atoms with van der Waals surface area (Å²) < 4.78 is 0. The molecule has 0 aliphatic rings. The Kier molecular flexibility index (Phi) is 9.97. The molecule has 1 nitrogen and oxygen atoms in total. The Balaban J connectivity index is 3.40. The van der Waals surface area contributed by atoms with Gasteiger partial charge in [0.15, 0.2) is 0 Å². The van der Waals surface area contributed by atoms with Crippen LogP contribution < -0.4 is 0 Å². The van der Waals surface area contributed by atoms with E-state index in [2.05, 4.69) is 13.8 Å². The van der Waals surface area contributed by atoms with Gasteiger partial charge in [0, 0.05) is 6.42 Å². The first-order chi connectivity index (χ1) is 7.20. The molecule has 0 spiro atoms. The first-order valence-electron chi connectivity index (χ1n) is 6.70. The molecule has 0 saturated heterocycles. The Labute approximate surface area is 95.6 Å². The molecule has 0 bridgehead atoms. The quantitative estimate of drug-likeness (QED) is 0.478.